The largest absolute Gasteiger partial charge is 0.338 e. The fourth-order valence-electron chi connectivity index (χ4n) is 2.86. The molecule has 1 aromatic carbocycles. The Bertz CT molecular complexity index is 822. The van der Waals surface area contributed by atoms with Gasteiger partial charge >= 0.3 is 6.03 Å². The van der Waals surface area contributed by atoms with Gasteiger partial charge in [-0.15, -0.1) is 0 Å². The maximum Gasteiger partial charge on any atom is 0.328 e. The summed E-state index contributed by atoms with van der Waals surface area (Å²) in [6.07, 6.45) is 4.16. The van der Waals surface area contributed by atoms with E-state index >= 15 is 0 Å². The number of rotatable bonds is 3. The zero-order chi connectivity index (χ0) is 17.3. The number of aromatic nitrogens is 2. The number of nitrogens with zero attached hydrogens (tertiary/aromatic N) is 3. The highest BCUT2D eigenvalue weighted by atomic mass is 16.2. The van der Waals surface area contributed by atoms with Gasteiger partial charge in [0.25, 0.3) is 5.91 Å². The van der Waals surface area contributed by atoms with Crippen molar-refractivity contribution in [2.45, 2.75) is 19.3 Å². The van der Waals surface area contributed by atoms with Crippen molar-refractivity contribution in [3.63, 3.8) is 0 Å². The Morgan fingerprint density at radius 3 is 2.67 bits per heavy atom. The van der Waals surface area contributed by atoms with Crippen molar-refractivity contribution in [3.05, 3.63) is 54.1 Å². The summed E-state index contributed by atoms with van der Waals surface area (Å²) in [6.45, 7) is 3.65. The minimum absolute atomic E-state index is 0.0842. The predicted molar refractivity (Wildman–Crippen MR) is 86.7 cm³/mol. The summed E-state index contributed by atoms with van der Waals surface area (Å²) in [5.74, 6) is -1.08. The first-order valence-electron chi connectivity index (χ1n) is 7.54. The molecule has 1 atom stereocenters. The quantitative estimate of drug-likeness (QED) is 0.685. The summed E-state index contributed by atoms with van der Waals surface area (Å²) < 4.78 is 0. The van der Waals surface area contributed by atoms with Gasteiger partial charge in [-0.25, -0.2) is 14.7 Å². The normalized spacial score (nSPS) is 19.1. The van der Waals surface area contributed by atoms with E-state index in [0.717, 1.165) is 4.90 Å². The molecule has 1 aliphatic rings. The Hall–Kier alpha value is -3.09. The molecule has 24 heavy (non-hydrogen) atoms. The molecule has 0 radical (unpaired) electrons. The first-order chi connectivity index (χ1) is 11.5. The van der Waals surface area contributed by atoms with Crippen LogP contribution in [-0.2, 0) is 10.2 Å². The second-order valence-corrected chi connectivity index (χ2v) is 5.54. The number of carbonyl (C=O) groups excluding carboxylic acids is 3. The van der Waals surface area contributed by atoms with Crippen molar-refractivity contribution in [2.24, 2.45) is 0 Å². The Morgan fingerprint density at radius 2 is 2.00 bits per heavy atom. The van der Waals surface area contributed by atoms with E-state index in [1.54, 1.807) is 31.2 Å². The van der Waals surface area contributed by atoms with Crippen molar-refractivity contribution in [1.82, 2.24) is 15.3 Å². The molecule has 1 aliphatic heterocycles. The van der Waals surface area contributed by atoms with Gasteiger partial charge in [-0.3, -0.25) is 14.6 Å². The van der Waals surface area contributed by atoms with Gasteiger partial charge in [-0.05, 0) is 25.5 Å². The number of fused-ring (bicyclic) bond motifs is 1. The van der Waals surface area contributed by atoms with Gasteiger partial charge in [-0.2, -0.15) is 0 Å². The molecule has 0 aliphatic carbocycles. The van der Waals surface area contributed by atoms with Gasteiger partial charge in [0.15, 0.2) is 0 Å². The second kappa shape index (κ2) is 5.84. The van der Waals surface area contributed by atoms with E-state index in [1.807, 2.05) is 0 Å². The van der Waals surface area contributed by atoms with Gasteiger partial charge < -0.3 is 5.32 Å². The Labute approximate surface area is 138 Å². The number of carbonyl (C=O) groups is 3. The van der Waals surface area contributed by atoms with Crippen LogP contribution in [0.4, 0.5) is 10.5 Å². The maximum atomic E-state index is 13.0. The molecule has 7 heteroatoms. The van der Waals surface area contributed by atoms with Crippen molar-refractivity contribution < 1.29 is 14.4 Å². The van der Waals surface area contributed by atoms with E-state index in [2.05, 4.69) is 15.3 Å². The summed E-state index contributed by atoms with van der Waals surface area (Å²) in [4.78, 5) is 47.2. The average molecular weight is 324 g/mol. The number of amides is 3. The summed E-state index contributed by atoms with van der Waals surface area (Å²) in [6, 6.07) is 6.23. The van der Waals surface area contributed by atoms with Gasteiger partial charge in [0.1, 0.15) is 11.1 Å². The molecule has 0 saturated heterocycles. The van der Waals surface area contributed by atoms with Crippen LogP contribution in [0, 0.1) is 0 Å². The van der Waals surface area contributed by atoms with Crippen molar-refractivity contribution in [3.8, 4) is 0 Å². The molecule has 3 amide bonds. The number of benzene rings is 1. The van der Waals surface area contributed by atoms with Crippen LogP contribution in [0.3, 0.4) is 0 Å². The lowest BCUT2D eigenvalue weighted by Gasteiger charge is -2.22. The molecular formula is C17H16N4O3. The first kappa shape index (κ1) is 15.8. The van der Waals surface area contributed by atoms with Crippen LogP contribution in [0.1, 0.15) is 29.9 Å². The number of urea groups is 1. The van der Waals surface area contributed by atoms with Crippen LogP contribution in [0.5, 0.6) is 0 Å². The van der Waals surface area contributed by atoms with Gasteiger partial charge in [0, 0.05) is 18.9 Å². The molecule has 2 heterocycles. The number of nitrogens with one attached hydrogen (secondary N) is 1. The molecule has 1 unspecified atom stereocenters. The second-order valence-electron chi connectivity index (χ2n) is 5.54. The molecule has 1 N–H and O–H groups in total. The number of imide groups is 1. The zero-order valence-corrected chi connectivity index (χ0v) is 13.3. The number of para-hydroxylation sites is 1. The molecule has 0 bridgehead atoms. The highest BCUT2D eigenvalue weighted by Crippen LogP contribution is 2.43. The van der Waals surface area contributed by atoms with Gasteiger partial charge in [-0.1, -0.05) is 18.2 Å². The molecule has 7 nitrogen and oxygen atoms in total. The number of hydrogen-bond acceptors (Lipinski definition) is 5. The summed E-state index contributed by atoms with van der Waals surface area (Å²) >= 11 is 0. The molecule has 0 spiro atoms. The van der Waals surface area contributed by atoms with Crippen LogP contribution < -0.4 is 10.2 Å². The number of ketones is 1. The van der Waals surface area contributed by atoms with E-state index in [9.17, 15) is 14.4 Å². The smallest absolute Gasteiger partial charge is 0.328 e. The fraction of sp³-hybridized carbons (Fsp3) is 0.235. The molecule has 1 aromatic heterocycles. The third-order valence-electron chi connectivity index (χ3n) is 4.10. The van der Waals surface area contributed by atoms with E-state index in [0.29, 0.717) is 17.8 Å². The first-order valence-corrected chi connectivity index (χ1v) is 7.54. The van der Waals surface area contributed by atoms with Crippen LogP contribution >= 0.6 is 0 Å². The SMILES string of the molecule is CCNC(=O)N1C(=O)C(C)(C(=O)c2cnccn2)c2ccccc21. The monoisotopic (exact) mass is 324 g/mol. The number of anilines is 1. The van der Waals surface area contributed by atoms with E-state index in [4.69, 9.17) is 0 Å². The fourth-order valence-corrected chi connectivity index (χ4v) is 2.86. The lowest BCUT2D eigenvalue weighted by Crippen LogP contribution is -2.49. The van der Waals surface area contributed by atoms with Crippen LogP contribution in [0.25, 0.3) is 0 Å². The minimum atomic E-state index is -1.52. The van der Waals surface area contributed by atoms with Crippen molar-refractivity contribution >= 4 is 23.4 Å². The number of Topliss-reactive ketones (excluding diaryl/α,β-unsaturated/α-hetero) is 1. The zero-order valence-electron chi connectivity index (χ0n) is 13.3. The minimum Gasteiger partial charge on any atom is -0.338 e. The van der Waals surface area contributed by atoms with Crippen molar-refractivity contribution in [1.29, 1.82) is 0 Å². The summed E-state index contributed by atoms with van der Waals surface area (Å²) in [5.41, 5.74) is -0.538. The van der Waals surface area contributed by atoms with Crippen LogP contribution in [0.2, 0.25) is 0 Å². The van der Waals surface area contributed by atoms with E-state index in [-0.39, 0.29) is 5.69 Å². The maximum absolute atomic E-state index is 13.0. The molecule has 3 rings (SSSR count). The highest BCUT2D eigenvalue weighted by molar-refractivity contribution is 6.32. The molecule has 0 fully saturated rings. The molecule has 122 valence electrons. The topological polar surface area (TPSA) is 92.3 Å². The lowest BCUT2D eigenvalue weighted by atomic mass is 9.78. The van der Waals surface area contributed by atoms with Crippen LogP contribution in [-0.4, -0.2) is 34.2 Å². The van der Waals surface area contributed by atoms with Crippen LogP contribution in [0.15, 0.2) is 42.9 Å². The third kappa shape index (κ3) is 2.17. The summed E-state index contributed by atoms with van der Waals surface area (Å²) in [5, 5.41) is 2.60. The van der Waals surface area contributed by atoms with E-state index in [1.165, 1.54) is 25.5 Å². The van der Waals surface area contributed by atoms with Gasteiger partial charge in [0.05, 0.1) is 11.9 Å². The Balaban J connectivity index is 2.13. The lowest BCUT2D eigenvalue weighted by molar-refractivity contribution is -0.120. The Morgan fingerprint density at radius 1 is 1.25 bits per heavy atom. The average Bonchev–Trinajstić information content (AvgIpc) is 2.84. The Kier molecular flexibility index (Phi) is 3.84. The highest BCUT2D eigenvalue weighted by Gasteiger charge is 2.55. The van der Waals surface area contributed by atoms with E-state index < -0.39 is 23.1 Å². The van der Waals surface area contributed by atoms with Gasteiger partial charge in [0.2, 0.25) is 5.78 Å². The predicted octanol–water partition coefficient (Wildman–Crippen LogP) is 1.69. The molecule has 2 aromatic rings. The van der Waals surface area contributed by atoms with Crippen molar-refractivity contribution in [2.75, 3.05) is 11.4 Å². The molecular weight excluding hydrogens is 308 g/mol. The standard InChI is InChI=1S/C17H16N4O3/c1-3-19-16(24)21-13-7-5-4-6-11(13)17(2,15(21)23)14(22)12-10-18-8-9-20-12/h4-10H,3H2,1-2H3,(H,19,24). The number of hydrogen-bond donors (Lipinski definition) is 1. The summed E-state index contributed by atoms with van der Waals surface area (Å²) in [7, 11) is 0. The third-order valence-corrected chi connectivity index (χ3v) is 4.10. The molecule has 0 saturated carbocycles.